The van der Waals surface area contributed by atoms with Crippen LogP contribution in [0.25, 0.3) is 0 Å². The van der Waals surface area contributed by atoms with Gasteiger partial charge >= 0.3 is 0 Å². The fraction of sp³-hybridized carbons (Fsp3) is 0. The third-order valence-electron chi connectivity index (χ3n) is 0.756. The summed E-state index contributed by atoms with van der Waals surface area (Å²) in [6, 6.07) is 8.71. The summed E-state index contributed by atoms with van der Waals surface area (Å²) in [6.45, 7) is 0. The van der Waals surface area contributed by atoms with Crippen LogP contribution in [0.5, 0.6) is 5.75 Å². The lowest BCUT2D eigenvalue weighted by Crippen LogP contribution is -2.58. The van der Waals surface area contributed by atoms with E-state index in [1.165, 1.54) is 0 Å². The summed E-state index contributed by atoms with van der Waals surface area (Å²) in [5.74, 6) is 0.322. The Kier molecular flexibility index (Phi) is 4.57. The molecule has 1 aromatic rings. The largest absolute Gasteiger partial charge is 0.508 e. The maximum absolute atomic E-state index is 8.63. The van der Waals surface area contributed by atoms with E-state index in [9.17, 15) is 0 Å². The highest BCUT2D eigenvalue weighted by molar-refractivity contribution is 5.18. The number of aromatic hydroxyl groups is 1. The van der Waals surface area contributed by atoms with Gasteiger partial charge in [-0.15, -0.1) is 0 Å². The highest BCUT2D eigenvalue weighted by Crippen LogP contribution is 2.02. The Morgan fingerprint density at radius 1 is 1.00 bits per heavy atom. The zero-order valence-electron chi connectivity index (χ0n) is 5.88. The molecule has 0 fully saturated rings. The Labute approximate surface area is 70.9 Å². The fourth-order valence-electron chi connectivity index (χ4n) is 0.428. The topological polar surface area (TPSA) is 110 Å². The lowest BCUT2D eigenvalue weighted by atomic mass is 10.3. The van der Waals surface area contributed by atoms with E-state index in [0.29, 0.717) is 5.75 Å². The Hall–Kier alpha value is -0.850. The van der Waals surface area contributed by atoms with E-state index in [0.717, 1.165) is 0 Å². The molecule has 0 atom stereocenters. The number of phenols is 1. The number of benzene rings is 1. The summed E-state index contributed by atoms with van der Waals surface area (Å²) in [7, 11) is -4.69. The van der Waals surface area contributed by atoms with Gasteiger partial charge in [0.15, 0.2) is 0 Å². The molecule has 5 nitrogen and oxygen atoms in total. The predicted molar refractivity (Wildman–Crippen MR) is 30.3 cm³/mol. The third kappa shape index (κ3) is 11.9. The average molecular weight is 195 g/mol. The lowest BCUT2D eigenvalue weighted by Gasteiger charge is -2.03. The number of para-hydroxylation sites is 1. The summed E-state index contributed by atoms with van der Waals surface area (Å²) in [5.41, 5.74) is 0. The van der Waals surface area contributed by atoms with Crippen molar-refractivity contribution in [1.29, 1.82) is 0 Å². The average Bonchev–Trinajstić information content (AvgIpc) is 1.85. The van der Waals surface area contributed by atoms with E-state index in [1.54, 1.807) is 24.3 Å². The van der Waals surface area contributed by atoms with Gasteiger partial charge in [0, 0.05) is 0 Å². The summed E-state index contributed by atoms with van der Waals surface area (Å²) in [6.07, 6.45) is 0. The van der Waals surface area contributed by atoms with Crippen LogP contribution < -0.4 is 14.0 Å². The van der Waals surface area contributed by atoms with Crippen LogP contribution in [0.2, 0.25) is 0 Å². The van der Waals surface area contributed by atoms with Crippen molar-refractivity contribution in [3.8, 4) is 5.75 Å². The smallest absolute Gasteiger partial charge is 0.115 e. The first-order valence-corrected chi connectivity index (χ1v) is 4.03. The Morgan fingerprint density at radius 2 is 1.33 bits per heavy atom. The van der Waals surface area contributed by atoms with E-state index < -0.39 is 10.2 Å². The van der Waals surface area contributed by atoms with Gasteiger partial charge < -0.3 is 5.11 Å². The zero-order valence-corrected chi connectivity index (χ0v) is 6.64. The molecule has 0 saturated heterocycles. The summed E-state index contributed by atoms with van der Waals surface area (Å²) in [4.78, 5) is 0. The van der Waals surface area contributed by atoms with Gasteiger partial charge in [-0.1, -0.05) is 18.2 Å². The first-order chi connectivity index (χ1) is 5.39. The summed E-state index contributed by atoms with van der Waals surface area (Å²) >= 11 is 0. The van der Waals surface area contributed by atoms with Crippen molar-refractivity contribution < 1.29 is 34.0 Å². The van der Waals surface area contributed by atoms with Gasteiger partial charge in [0.2, 0.25) is 0 Å². The zero-order chi connectivity index (χ0) is 9.61. The number of rotatable bonds is 0. The molecule has 12 heavy (non-hydrogen) atoms. The highest BCUT2D eigenvalue weighted by atomic mass is 35.7. The van der Waals surface area contributed by atoms with Crippen LogP contribution in [0.3, 0.4) is 0 Å². The molecule has 6 heteroatoms. The maximum atomic E-state index is 8.63. The molecule has 0 aromatic heterocycles. The van der Waals surface area contributed by atoms with Gasteiger partial charge in [-0.05, 0) is 12.1 Å². The molecule has 0 aliphatic carbocycles. The molecule has 0 unspecified atom stereocenters. The molecule has 0 aliphatic heterocycles. The normalized spacial score (nSPS) is 10.0. The van der Waals surface area contributed by atoms with Gasteiger partial charge in [-0.25, -0.2) is 0 Å². The van der Waals surface area contributed by atoms with Crippen LogP contribution in [0.15, 0.2) is 30.3 Å². The number of hydrogen-bond acceptors (Lipinski definition) is 5. The van der Waals surface area contributed by atoms with Crippen molar-refractivity contribution in [3.63, 3.8) is 0 Å². The monoisotopic (exact) mass is 194 g/mol. The van der Waals surface area contributed by atoms with Gasteiger partial charge in [0.1, 0.15) is 5.75 Å². The van der Waals surface area contributed by atoms with E-state index >= 15 is 0 Å². The molecular formula is C6H7ClO5. The second kappa shape index (κ2) is 4.91. The van der Waals surface area contributed by atoms with E-state index in [-0.39, 0.29) is 0 Å². The Balaban J connectivity index is 0.000000217. The quantitative estimate of drug-likeness (QED) is 0.466. The van der Waals surface area contributed by atoms with Crippen molar-refractivity contribution in [1.82, 2.24) is 0 Å². The Bertz CT molecular complexity index is 201. The fourth-order valence-corrected chi connectivity index (χ4v) is 0.428. The van der Waals surface area contributed by atoms with Crippen molar-refractivity contribution in [3.05, 3.63) is 30.3 Å². The number of phenolic OH excluding ortho intramolecular Hbond substituents is 1. The molecule has 0 spiro atoms. The second-order valence-electron chi connectivity index (χ2n) is 1.73. The first kappa shape index (κ1) is 11.2. The molecule has 2 N–H and O–H groups in total. The molecule has 1 rings (SSSR count). The van der Waals surface area contributed by atoms with Crippen LogP contribution in [-0.2, 0) is 0 Å². The van der Waals surface area contributed by atoms with E-state index in [4.69, 9.17) is 23.7 Å². The van der Waals surface area contributed by atoms with Gasteiger partial charge in [0.25, 0.3) is 0 Å². The predicted octanol–water partition coefficient (Wildman–Crippen LogP) is -2.73. The van der Waals surface area contributed by atoms with Crippen molar-refractivity contribution in [2.45, 2.75) is 0 Å². The van der Waals surface area contributed by atoms with Gasteiger partial charge in [0.05, 0.1) is 14.9 Å². The molecule has 0 bridgehead atoms. The molecule has 1 aromatic carbocycles. The van der Waals surface area contributed by atoms with Crippen LogP contribution >= 0.6 is 0 Å². The standard InChI is InChI=1S/C6H6O.ClHO4/c7-6-4-2-1-3-5-6;2-1(3,4)5/h1-5,7H;(H,2,3,4,5). The Morgan fingerprint density at radius 3 is 1.50 bits per heavy atom. The van der Waals surface area contributed by atoms with Crippen LogP contribution in [0.1, 0.15) is 0 Å². The van der Waals surface area contributed by atoms with E-state index in [1.807, 2.05) is 6.07 Å². The molecule has 0 amide bonds. The minimum Gasteiger partial charge on any atom is -0.508 e. The summed E-state index contributed by atoms with van der Waals surface area (Å²) < 4.78 is 32.7. The molecule has 0 aliphatic rings. The molecule has 0 saturated carbocycles. The van der Waals surface area contributed by atoms with E-state index in [2.05, 4.69) is 0 Å². The van der Waals surface area contributed by atoms with Crippen LogP contribution in [0.4, 0.5) is 0 Å². The van der Waals surface area contributed by atoms with Crippen LogP contribution in [-0.4, -0.2) is 9.77 Å². The SMILES string of the molecule is Oc1ccccc1.[O-][Cl+3]([O-])([O-])O. The third-order valence-corrected chi connectivity index (χ3v) is 0.756. The number of hydrogen-bond donors (Lipinski definition) is 2. The molecule has 0 radical (unpaired) electrons. The summed E-state index contributed by atoms with van der Waals surface area (Å²) in [5, 5.41) is 8.63. The van der Waals surface area contributed by atoms with Crippen molar-refractivity contribution in [2.75, 3.05) is 0 Å². The first-order valence-electron chi connectivity index (χ1n) is 2.77. The maximum Gasteiger partial charge on any atom is 0.115 e. The number of halogens is 1. The molecule has 68 valence electrons. The highest BCUT2D eigenvalue weighted by Gasteiger charge is 1.98. The van der Waals surface area contributed by atoms with Crippen molar-refractivity contribution in [2.24, 2.45) is 0 Å². The minimum atomic E-state index is -4.69. The van der Waals surface area contributed by atoms with Crippen molar-refractivity contribution >= 4 is 0 Å². The van der Waals surface area contributed by atoms with Crippen LogP contribution in [0, 0.1) is 10.2 Å². The van der Waals surface area contributed by atoms with Gasteiger partial charge in [-0.2, -0.15) is 14.0 Å². The second-order valence-corrected chi connectivity index (χ2v) is 2.52. The van der Waals surface area contributed by atoms with Gasteiger partial charge in [-0.3, -0.25) is 0 Å². The minimum absolute atomic E-state index is 0.322. The molecular weight excluding hydrogens is 188 g/mol. The molecule has 0 heterocycles. The lowest BCUT2D eigenvalue weighted by molar-refractivity contribution is -1.92.